The van der Waals surface area contributed by atoms with Gasteiger partial charge >= 0.3 is 0 Å². The Bertz CT molecular complexity index is 352. The summed E-state index contributed by atoms with van der Waals surface area (Å²) in [5, 5.41) is 0. The van der Waals surface area contributed by atoms with Crippen LogP contribution >= 0.6 is 31.9 Å². The fourth-order valence-electron chi connectivity index (χ4n) is 1.92. The van der Waals surface area contributed by atoms with Crippen LogP contribution in [0, 0.1) is 0 Å². The first-order chi connectivity index (χ1) is 8.69. The van der Waals surface area contributed by atoms with E-state index >= 15 is 0 Å². The van der Waals surface area contributed by atoms with Crippen LogP contribution in [-0.2, 0) is 0 Å². The number of unbranched alkanes of at least 4 members (excludes halogenated alkanes) is 3. The molecule has 3 heteroatoms. The van der Waals surface area contributed by atoms with Crippen LogP contribution in [0.4, 0.5) is 0 Å². The lowest BCUT2D eigenvalue weighted by Gasteiger charge is -2.13. The standard InChI is InChI=1S/C15H22Br2O/c1-3-5-6-7-8-14(16)13-10-9-12(18-4-2)11-15(13)17/h9-11,14H,3-8H2,1-2H3. The molecular formula is C15H22Br2O. The van der Waals surface area contributed by atoms with Crippen molar-refractivity contribution >= 4 is 31.9 Å². The van der Waals surface area contributed by atoms with Crippen molar-refractivity contribution in [3.8, 4) is 5.75 Å². The van der Waals surface area contributed by atoms with Crippen LogP contribution in [0.5, 0.6) is 5.75 Å². The molecule has 0 saturated carbocycles. The molecule has 0 aliphatic carbocycles. The van der Waals surface area contributed by atoms with E-state index in [2.05, 4.69) is 50.9 Å². The Labute approximate surface area is 128 Å². The second-order valence-corrected chi connectivity index (χ2v) is 6.39. The maximum absolute atomic E-state index is 5.49. The summed E-state index contributed by atoms with van der Waals surface area (Å²) in [5.41, 5.74) is 1.31. The summed E-state index contributed by atoms with van der Waals surface area (Å²) in [7, 11) is 0. The average Bonchev–Trinajstić information content (AvgIpc) is 2.35. The van der Waals surface area contributed by atoms with Gasteiger partial charge in [0.25, 0.3) is 0 Å². The van der Waals surface area contributed by atoms with Gasteiger partial charge in [-0.3, -0.25) is 0 Å². The molecule has 1 unspecified atom stereocenters. The number of halogens is 2. The third-order valence-corrected chi connectivity index (χ3v) is 4.57. The van der Waals surface area contributed by atoms with Crippen LogP contribution in [0.2, 0.25) is 0 Å². The molecule has 0 fully saturated rings. The molecule has 1 aromatic carbocycles. The molecule has 0 saturated heterocycles. The van der Waals surface area contributed by atoms with E-state index in [0.717, 1.165) is 10.2 Å². The number of rotatable bonds is 8. The first kappa shape index (κ1) is 16.0. The Morgan fingerprint density at radius 1 is 1.17 bits per heavy atom. The number of hydrogen-bond acceptors (Lipinski definition) is 1. The Kier molecular flexibility index (Phi) is 8.00. The van der Waals surface area contributed by atoms with Crippen molar-refractivity contribution < 1.29 is 4.74 Å². The number of hydrogen-bond donors (Lipinski definition) is 0. The second-order valence-electron chi connectivity index (χ2n) is 4.43. The maximum Gasteiger partial charge on any atom is 0.120 e. The van der Waals surface area contributed by atoms with E-state index in [1.165, 1.54) is 37.7 Å². The fourth-order valence-corrected chi connectivity index (χ4v) is 3.59. The molecule has 0 aromatic heterocycles. The third kappa shape index (κ3) is 5.31. The van der Waals surface area contributed by atoms with Crippen molar-refractivity contribution in [2.24, 2.45) is 0 Å². The average molecular weight is 378 g/mol. The van der Waals surface area contributed by atoms with Crippen molar-refractivity contribution in [2.75, 3.05) is 6.61 Å². The Morgan fingerprint density at radius 2 is 1.94 bits per heavy atom. The van der Waals surface area contributed by atoms with E-state index in [-0.39, 0.29) is 0 Å². The van der Waals surface area contributed by atoms with E-state index in [0.29, 0.717) is 11.4 Å². The van der Waals surface area contributed by atoms with Crippen LogP contribution in [0.3, 0.4) is 0 Å². The summed E-state index contributed by atoms with van der Waals surface area (Å²) in [5.74, 6) is 0.929. The van der Waals surface area contributed by atoms with Gasteiger partial charge in [0.2, 0.25) is 0 Å². The molecule has 0 N–H and O–H groups in total. The van der Waals surface area contributed by atoms with E-state index in [1.807, 2.05) is 13.0 Å². The molecule has 0 spiro atoms. The van der Waals surface area contributed by atoms with Crippen molar-refractivity contribution in [1.82, 2.24) is 0 Å². The van der Waals surface area contributed by atoms with Gasteiger partial charge in [0.05, 0.1) is 6.61 Å². The highest BCUT2D eigenvalue weighted by atomic mass is 79.9. The smallest absolute Gasteiger partial charge is 0.120 e. The molecule has 18 heavy (non-hydrogen) atoms. The molecule has 0 aliphatic rings. The van der Waals surface area contributed by atoms with Crippen LogP contribution in [0.1, 0.15) is 56.3 Å². The molecule has 102 valence electrons. The highest BCUT2D eigenvalue weighted by Crippen LogP contribution is 2.35. The van der Waals surface area contributed by atoms with Crippen LogP contribution < -0.4 is 4.74 Å². The zero-order chi connectivity index (χ0) is 13.4. The molecular weight excluding hydrogens is 356 g/mol. The Morgan fingerprint density at radius 3 is 2.56 bits per heavy atom. The first-order valence-corrected chi connectivity index (χ1v) is 8.46. The van der Waals surface area contributed by atoms with Crippen molar-refractivity contribution in [2.45, 2.75) is 50.8 Å². The molecule has 1 aromatic rings. The summed E-state index contributed by atoms with van der Waals surface area (Å²) in [6.45, 7) is 4.96. The van der Waals surface area contributed by atoms with Gasteiger partial charge in [0.1, 0.15) is 5.75 Å². The Hall–Kier alpha value is -0.0200. The van der Waals surface area contributed by atoms with Gasteiger partial charge in [0, 0.05) is 9.30 Å². The topological polar surface area (TPSA) is 9.23 Å². The monoisotopic (exact) mass is 376 g/mol. The van der Waals surface area contributed by atoms with Gasteiger partial charge in [-0.25, -0.2) is 0 Å². The van der Waals surface area contributed by atoms with Gasteiger partial charge in [0.15, 0.2) is 0 Å². The quantitative estimate of drug-likeness (QED) is 0.384. The van der Waals surface area contributed by atoms with Gasteiger partial charge < -0.3 is 4.74 Å². The summed E-state index contributed by atoms with van der Waals surface area (Å²) >= 11 is 7.41. The second kappa shape index (κ2) is 8.98. The maximum atomic E-state index is 5.49. The van der Waals surface area contributed by atoms with Crippen molar-refractivity contribution in [3.63, 3.8) is 0 Å². The molecule has 1 nitrogen and oxygen atoms in total. The number of benzene rings is 1. The minimum absolute atomic E-state index is 0.430. The zero-order valence-electron chi connectivity index (χ0n) is 11.2. The van der Waals surface area contributed by atoms with Gasteiger partial charge in [-0.15, -0.1) is 0 Å². The predicted octanol–water partition coefficient (Wildman–Crippen LogP) is 6.25. The molecule has 1 rings (SSSR count). The zero-order valence-corrected chi connectivity index (χ0v) is 14.4. The van der Waals surface area contributed by atoms with Gasteiger partial charge in [-0.1, -0.05) is 70.5 Å². The molecule has 0 aliphatic heterocycles. The lowest BCUT2D eigenvalue weighted by molar-refractivity contribution is 0.340. The lowest BCUT2D eigenvalue weighted by Crippen LogP contribution is -1.95. The molecule has 0 bridgehead atoms. The largest absolute Gasteiger partial charge is 0.494 e. The number of alkyl halides is 1. The third-order valence-electron chi connectivity index (χ3n) is 2.93. The Balaban J connectivity index is 2.54. The van der Waals surface area contributed by atoms with E-state index in [4.69, 9.17) is 4.74 Å². The minimum atomic E-state index is 0.430. The van der Waals surface area contributed by atoms with Crippen molar-refractivity contribution in [3.05, 3.63) is 28.2 Å². The fraction of sp³-hybridized carbons (Fsp3) is 0.600. The predicted molar refractivity (Wildman–Crippen MR) is 85.7 cm³/mol. The van der Waals surface area contributed by atoms with Gasteiger partial charge in [-0.2, -0.15) is 0 Å². The van der Waals surface area contributed by atoms with E-state index in [1.54, 1.807) is 0 Å². The van der Waals surface area contributed by atoms with Crippen molar-refractivity contribution in [1.29, 1.82) is 0 Å². The van der Waals surface area contributed by atoms with E-state index < -0.39 is 0 Å². The molecule has 0 heterocycles. The van der Waals surface area contributed by atoms with Crippen LogP contribution in [0.25, 0.3) is 0 Å². The highest BCUT2D eigenvalue weighted by Gasteiger charge is 2.11. The molecule has 0 radical (unpaired) electrons. The van der Waals surface area contributed by atoms with E-state index in [9.17, 15) is 0 Å². The molecule has 0 amide bonds. The minimum Gasteiger partial charge on any atom is -0.494 e. The van der Waals surface area contributed by atoms with Crippen LogP contribution in [0.15, 0.2) is 22.7 Å². The van der Waals surface area contributed by atoms with Gasteiger partial charge in [-0.05, 0) is 31.0 Å². The first-order valence-electron chi connectivity index (χ1n) is 6.75. The lowest BCUT2D eigenvalue weighted by atomic mass is 10.1. The highest BCUT2D eigenvalue weighted by molar-refractivity contribution is 9.11. The molecule has 1 atom stereocenters. The summed E-state index contributed by atoms with van der Waals surface area (Å²) < 4.78 is 6.62. The summed E-state index contributed by atoms with van der Waals surface area (Å²) in [6.07, 6.45) is 6.42. The summed E-state index contributed by atoms with van der Waals surface area (Å²) in [6, 6.07) is 6.25. The normalized spacial score (nSPS) is 12.4. The summed E-state index contributed by atoms with van der Waals surface area (Å²) in [4.78, 5) is 0.430. The van der Waals surface area contributed by atoms with Crippen LogP contribution in [-0.4, -0.2) is 6.61 Å². The SMILES string of the molecule is CCCCCCC(Br)c1ccc(OCC)cc1Br. The number of ether oxygens (including phenoxy) is 1.